The van der Waals surface area contributed by atoms with Crippen LogP contribution >= 0.6 is 0 Å². The maximum atomic E-state index is 14.0. The van der Waals surface area contributed by atoms with Gasteiger partial charge in [0.25, 0.3) is 0 Å². The van der Waals surface area contributed by atoms with E-state index in [4.69, 9.17) is 4.74 Å². The maximum Gasteiger partial charge on any atom is 0.161 e. The summed E-state index contributed by atoms with van der Waals surface area (Å²) in [4.78, 5) is 4.07. The third kappa shape index (κ3) is 1.80. The molecule has 0 unspecified atom stereocenters. The van der Waals surface area contributed by atoms with Crippen LogP contribution in [0.5, 0.6) is 5.75 Å². The molecule has 2 aliphatic rings. The number of nitrogens with one attached hydrogen (secondary N) is 1. The molecule has 2 heterocycles. The number of ether oxygens (including phenoxy) is 1. The summed E-state index contributed by atoms with van der Waals surface area (Å²) >= 11 is 0. The summed E-state index contributed by atoms with van der Waals surface area (Å²) in [6, 6.07) is 3.39. The van der Waals surface area contributed by atoms with E-state index in [-0.39, 0.29) is 5.82 Å². The van der Waals surface area contributed by atoms with E-state index in [1.54, 1.807) is 0 Å². The largest absolute Gasteiger partial charge is 0.471 e. The van der Waals surface area contributed by atoms with Gasteiger partial charge >= 0.3 is 0 Å². The number of anilines is 2. The molecule has 0 bridgehead atoms. The standard InChI is InChI=1S/C12H16FN3O/c1-15-8-17-12-6-9(13)10(7-11(12)15)16-4-2-14-3-5-16/h6-7,14H,2-5,8H2,1H3. The number of fused-ring (bicyclic) bond motifs is 1. The van der Waals surface area contributed by atoms with E-state index < -0.39 is 0 Å². The van der Waals surface area contributed by atoms with Crippen LogP contribution < -0.4 is 19.9 Å². The zero-order valence-corrected chi connectivity index (χ0v) is 9.87. The summed E-state index contributed by atoms with van der Waals surface area (Å²) in [6.07, 6.45) is 0. The minimum atomic E-state index is -0.194. The topological polar surface area (TPSA) is 27.7 Å². The second kappa shape index (κ2) is 4.07. The van der Waals surface area contributed by atoms with Gasteiger partial charge in [0.1, 0.15) is 11.6 Å². The van der Waals surface area contributed by atoms with E-state index in [9.17, 15) is 4.39 Å². The smallest absolute Gasteiger partial charge is 0.161 e. The lowest BCUT2D eigenvalue weighted by molar-refractivity contribution is 0.351. The molecule has 5 heteroatoms. The van der Waals surface area contributed by atoms with Crippen LogP contribution in [0.4, 0.5) is 15.8 Å². The van der Waals surface area contributed by atoms with E-state index in [1.807, 2.05) is 18.0 Å². The van der Waals surface area contributed by atoms with Crippen molar-refractivity contribution in [3.05, 3.63) is 17.9 Å². The highest BCUT2D eigenvalue weighted by Crippen LogP contribution is 2.38. The summed E-state index contributed by atoms with van der Waals surface area (Å²) in [5.41, 5.74) is 1.66. The molecule has 3 rings (SSSR count). The highest BCUT2D eigenvalue weighted by Gasteiger charge is 2.23. The predicted molar refractivity (Wildman–Crippen MR) is 65.4 cm³/mol. The molecular formula is C12H16FN3O. The molecule has 2 aliphatic heterocycles. The molecule has 0 aromatic heterocycles. The first kappa shape index (κ1) is 10.7. The van der Waals surface area contributed by atoms with Crippen molar-refractivity contribution in [1.29, 1.82) is 0 Å². The van der Waals surface area contributed by atoms with E-state index >= 15 is 0 Å². The predicted octanol–water partition coefficient (Wildman–Crippen LogP) is 1.02. The second-order valence-electron chi connectivity index (χ2n) is 4.48. The number of hydrogen-bond donors (Lipinski definition) is 1. The summed E-state index contributed by atoms with van der Waals surface area (Å²) in [7, 11) is 1.95. The average Bonchev–Trinajstić information content (AvgIpc) is 2.70. The lowest BCUT2D eigenvalue weighted by atomic mass is 10.2. The molecule has 17 heavy (non-hydrogen) atoms. The van der Waals surface area contributed by atoms with Crippen molar-refractivity contribution in [2.75, 3.05) is 49.8 Å². The minimum Gasteiger partial charge on any atom is -0.471 e. The lowest BCUT2D eigenvalue weighted by Gasteiger charge is -2.30. The number of rotatable bonds is 1. The molecule has 1 aromatic carbocycles. The fraction of sp³-hybridized carbons (Fsp3) is 0.500. The molecule has 0 spiro atoms. The maximum absolute atomic E-state index is 14.0. The van der Waals surface area contributed by atoms with Crippen LogP contribution in [0.3, 0.4) is 0 Å². The van der Waals surface area contributed by atoms with Gasteiger partial charge in [-0.05, 0) is 6.07 Å². The second-order valence-corrected chi connectivity index (χ2v) is 4.48. The van der Waals surface area contributed by atoms with Crippen LogP contribution in [0.1, 0.15) is 0 Å². The Labute approximate surface area is 100.0 Å². The van der Waals surface area contributed by atoms with Gasteiger partial charge in [-0.15, -0.1) is 0 Å². The normalized spacial score (nSPS) is 19.2. The van der Waals surface area contributed by atoms with Gasteiger partial charge in [0.15, 0.2) is 6.73 Å². The van der Waals surface area contributed by atoms with Crippen LogP contribution in [0.25, 0.3) is 0 Å². The Morgan fingerprint density at radius 2 is 2.00 bits per heavy atom. The number of halogens is 1. The third-order valence-electron chi connectivity index (χ3n) is 3.31. The summed E-state index contributed by atoms with van der Waals surface area (Å²) < 4.78 is 19.4. The molecular weight excluding hydrogens is 221 g/mol. The molecule has 4 nitrogen and oxygen atoms in total. The van der Waals surface area contributed by atoms with Crippen molar-refractivity contribution >= 4 is 11.4 Å². The molecule has 0 aliphatic carbocycles. The van der Waals surface area contributed by atoms with Crippen molar-refractivity contribution in [1.82, 2.24) is 5.32 Å². The number of benzene rings is 1. The highest BCUT2D eigenvalue weighted by atomic mass is 19.1. The van der Waals surface area contributed by atoms with Crippen LogP contribution in [0, 0.1) is 5.82 Å². The molecule has 1 aromatic rings. The van der Waals surface area contributed by atoms with Gasteiger partial charge in [-0.3, -0.25) is 0 Å². The van der Waals surface area contributed by atoms with E-state index in [1.165, 1.54) is 6.07 Å². The highest BCUT2D eigenvalue weighted by molar-refractivity contribution is 5.69. The monoisotopic (exact) mass is 237 g/mol. The number of hydrogen-bond acceptors (Lipinski definition) is 4. The van der Waals surface area contributed by atoms with Gasteiger partial charge < -0.3 is 19.9 Å². The Hall–Kier alpha value is -1.49. The number of nitrogens with zero attached hydrogens (tertiary/aromatic N) is 2. The fourth-order valence-electron chi connectivity index (χ4n) is 2.33. The molecule has 0 amide bonds. The van der Waals surface area contributed by atoms with Crippen molar-refractivity contribution in [2.24, 2.45) is 0 Å². The molecule has 1 N–H and O–H groups in total. The Bertz CT molecular complexity index is 432. The number of piperazine rings is 1. The zero-order chi connectivity index (χ0) is 11.8. The molecule has 92 valence electrons. The van der Waals surface area contributed by atoms with E-state index in [2.05, 4.69) is 10.2 Å². The van der Waals surface area contributed by atoms with Crippen molar-refractivity contribution in [2.45, 2.75) is 0 Å². The van der Waals surface area contributed by atoms with E-state index in [0.717, 1.165) is 31.9 Å². The van der Waals surface area contributed by atoms with E-state index in [0.29, 0.717) is 18.2 Å². The average molecular weight is 237 g/mol. The SMILES string of the molecule is CN1COc2cc(F)c(N3CCNCC3)cc21. The van der Waals surface area contributed by atoms with Gasteiger partial charge in [0.2, 0.25) is 0 Å². The summed E-state index contributed by atoms with van der Waals surface area (Å²) in [5, 5.41) is 3.27. The van der Waals surface area contributed by atoms with Gasteiger partial charge in [0.05, 0.1) is 11.4 Å². The minimum absolute atomic E-state index is 0.194. The molecule has 1 fully saturated rings. The van der Waals surface area contributed by atoms with Crippen molar-refractivity contribution < 1.29 is 9.13 Å². The third-order valence-corrected chi connectivity index (χ3v) is 3.31. The summed E-state index contributed by atoms with van der Waals surface area (Å²) in [5.74, 6) is 0.449. The molecule has 0 saturated carbocycles. The fourth-order valence-corrected chi connectivity index (χ4v) is 2.33. The molecule has 0 radical (unpaired) electrons. The summed E-state index contributed by atoms with van der Waals surface area (Å²) in [6.45, 7) is 4.01. The van der Waals surface area contributed by atoms with Crippen LogP contribution in [0.15, 0.2) is 12.1 Å². The first-order chi connectivity index (χ1) is 8.25. The lowest BCUT2D eigenvalue weighted by Crippen LogP contribution is -2.43. The van der Waals surface area contributed by atoms with Crippen LogP contribution in [-0.4, -0.2) is 40.0 Å². The Morgan fingerprint density at radius 3 is 2.76 bits per heavy atom. The molecule has 0 atom stereocenters. The Morgan fingerprint density at radius 1 is 1.24 bits per heavy atom. The van der Waals surface area contributed by atoms with Gasteiger partial charge in [-0.2, -0.15) is 0 Å². The Balaban J connectivity index is 1.96. The van der Waals surface area contributed by atoms with Gasteiger partial charge in [-0.25, -0.2) is 4.39 Å². The van der Waals surface area contributed by atoms with Crippen LogP contribution in [-0.2, 0) is 0 Å². The first-order valence-corrected chi connectivity index (χ1v) is 5.89. The quantitative estimate of drug-likeness (QED) is 0.789. The van der Waals surface area contributed by atoms with Gasteiger partial charge in [0, 0.05) is 39.3 Å². The van der Waals surface area contributed by atoms with Gasteiger partial charge in [-0.1, -0.05) is 0 Å². The zero-order valence-electron chi connectivity index (χ0n) is 9.87. The first-order valence-electron chi connectivity index (χ1n) is 5.89. The van der Waals surface area contributed by atoms with Crippen molar-refractivity contribution in [3.63, 3.8) is 0 Å². The Kier molecular flexibility index (Phi) is 2.55. The van der Waals surface area contributed by atoms with Crippen LogP contribution in [0.2, 0.25) is 0 Å². The van der Waals surface area contributed by atoms with Crippen molar-refractivity contribution in [3.8, 4) is 5.75 Å². The molecule has 1 saturated heterocycles.